The third-order valence-electron chi connectivity index (χ3n) is 5.00. The van der Waals surface area contributed by atoms with Crippen molar-refractivity contribution in [1.82, 2.24) is 34.4 Å². The highest BCUT2D eigenvalue weighted by Gasteiger charge is 2.30. The first kappa shape index (κ1) is 23.0. The number of rotatable bonds is 6. The van der Waals surface area contributed by atoms with Crippen LogP contribution in [0.5, 0.6) is 0 Å². The first-order valence-corrected chi connectivity index (χ1v) is 11.8. The van der Waals surface area contributed by atoms with Gasteiger partial charge in [0.15, 0.2) is 5.82 Å². The number of anilines is 1. The van der Waals surface area contributed by atoms with Gasteiger partial charge in [0.2, 0.25) is 10.0 Å². The van der Waals surface area contributed by atoms with Crippen molar-refractivity contribution in [2.75, 3.05) is 18.4 Å². The molecule has 4 rings (SSSR count). The summed E-state index contributed by atoms with van der Waals surface area (Å²) >= 11 is 6.02. The zero-order valence-corrected chi connectivity index (χ0v) is 19.0. The van der Waals surface area contributed by atoms with E-state index in [1.807, 2.05) is 0 Å². The van der Waals surface area contributed by atoms with Gasteiger partial charge in [-0.15, -0.1) is 0 Å². The van der Waals surface area contributed by atoms with Crippen LogP contribution in [0, 0.1) is 5.82 Å². The molecular weight excluding hydrogens is 475 g/mol. The Labute approximate surface area is 194 Å². The molecule has 174 valence electrons. The third kappa shape index (κ3) is 4.79. The standard InChI is InChI=1S/C19H20ClFN8O3S/c1-12(17-24-11-25-29(17)18-22-5-4-6-23-18)26-19(30)27-15-10-16(13(20)9-14(15)21)33(31,32)28-7-2-3-8-28/h4-6,9-12H,2-3,7-8H2,1H3,(H2,26,27,30)/t12-/m0/s1. The number of sulfonamides is 1. The number of carbonyl (C=O) groups is 1. The molecule has 0 aliphatic carbocycles. The lowest BCUT2D eigenvalue weighted by Gasteiger charge is -2.18. The van der Waals surface area contributed by atoms with E-state index < -0.39 is 27.9 Å². The van der Waals surface area contributed by atoms with E-state index >= 15 is 0 Å². The van der Waals surface area contributed by atoms with Crippen LogP contribution in [-0.4, -0.2) is 56.6 Å². The highest BCUT2D eigenvalue weighted by molar-refractivity contribution is 7.89. The fourth-order valence-electron chi connectivity index (χ4n) is 3.41. The van der Waals surface area contributed by atoms with Gasteiger partial charge >= 0.3 is 6.03 Å². The van der Waals surface area contributed by atoms with Crippen LogP contribution >= 0.6 is 11.6 Å². The van der Waals surface area contributed by atoms with Gasteiger partial charge < -0.3 is 10.6 Å². The summed E-state index contributed by atoms with van der Waals surface area (Å²) in [5.74, 6) is -0.270. The second-order valence-electron chi connectivity index (χ2n) is 7.27. The Bertz CT molecular complexity index is 1270. The summed E-state index contributed by atoms with van der Waals surface area (Å²) in [4.78, 5) is 24.6. The highest BCUT2D eigenvalue weighted by atomic mass is 35.5. The lowest BCUT2D eigenvalue weighted by Crippen LogP contribution is -2.33. The summed E-state index contributed by atoms with van der Waals surface area (Å²) < 4.78 is 42.9. The average molecular weight is 495 g/mol. The monoisotopic (exact) mass is 494 g/mol. The molecule has 0 saturated carbocycles. The van der Waals surface area contributed by atoms with Crippen molar-refractivity contribution in [1.29, 1.82) is 0 Å². The van der Waals surface area contributed by atoms with Gasteiger partial charge in [0.05, 0.1) is 16.8 Å². The summed E-state index contributed by atoms with van der Waals surface area (Å²) in [5, 5.41) is 8.75. The zero-order valence-electron chi connectivity index (χ0n) is 17.4. The number of benzene rings is 1. The van der Waals surface area contributed by atoms with Crippen LogP contribution in [0.1, 0.15) is 31.6 Å². The van der Waals surface area contributed by atoms with Crippen molar-refractivity contribution in [3.63, 3.8) is 0 Å². The first-order chi connectivity index (χ1) is 15.8. The van der Waals surface area contributed by atoms with Crippen molar-refractivity contribution in [3.05, 3.63) is 53.6 Å². The van der Waals surface area contributed by atoms with Gasteiger partial charge in [-0.25, -0.2) is 32.6 Å². The van der Waals surface area contributed by atoms with E-state index in [-0.39, 0.29) is 21.6 Å². The summed E-state index contributed by atoms with van der Waals surface area (Å²) in [6, 6.07) is 2.09. The van der Waals surface area contributed by atoms with Crippen molar-refractivity contribution >= 4 is 33.3 Å². The Morgan fingerprint density at radius 1 is 1.18 bits per heavy atom. The Kier molecular flexibility index (Phi) is 6.54. The smallest absolute Gasteiger partial charge is 0.319 e. The van der Waals surface area contributed by atoms with E-state index in [9.17, 15) is 17.6 Å². The molecule has 1 saturated heterocycles. The lowest BCUT2D eigenvalue weighted by atomic mass is 10.3. The number of aromatic nitrogens is 5. The molecule has 1 aromatic carbocycles. The van der Waals surface area contributed by atoms with Gasteiger partial charge in [-0.3, -0.25) is 0 Å². The Balaban J connectivity index is 1.52. The third-order valence-corrected chi connectivity index (χ3v) is 7.37. The molecule has 3 aromatic rings. The number of urea groups is 1. The zero-order chi connectivity index (χ0) is 23.6. The molecule has 1 aliphatic rings. The number of halogens is 2. The Hall–Kier alpha value is -3.16. The van der Waals surface area contributed by atoms with Crippen LogP contribution in [0.25, 0.3) is 5.95 Å². The summed E-state index contributed by atoms with van der Waals surface area (Å²) in [6.45, 7) is 2.37. The maximum Gasteiger partial charge on any atom is 0.319 e. The molecule has 1 atom stereocenters. The van der Waals surface area contributed by atoms with Crippen molar-refractivity contribution in [2.24, 2.45) is 0 Å². The van der Waals surface area contributed by atoms with Crippen LogP contribution < -0.4 is 10.6 Å². The molecule has 0 unspecified atom stereocenters. The topological polar surface area (TPSA) is 135 Å². The molecule has 0 bridgehead atoms. The van der Waals surface area contributed by atoms with E-state index in [0.717, 1.165) is 25.0 Å². The Morgan fingerprint density at radius 3 is 2.58 bits per heavy atom. The second-order valence-corrected chi connectivity index (χ2v) is 9.59. The molecule has 2 N–H and O–H groups in total. The van der Waals surface area contributed by atoms with Crippen molar-refractivity contribution in [3.8, 4) is 5.95 Å². The van der Waals surface area contributed by atoms with E-state index in [1.165, 1.54) is 27.7 Å². The molecule has 33 heavy (non-hydrogen) atoms. The number of carbonyl (C=O) groups excluding carboxylic acids is 1. The molecule has 2 amide bonds. The minimum atomic E-state index is -3.91. The van der Waals surface area contributed by atoms with Gasteiger partial charge in [0, 0.05) is 25.5 Å². The fraction of sp³-hybridized carbons (Fsp3) is 0.316. The Morgan fingerprint density at radius 2 is 1.88 bits per heavy atom. The molecule has 2 aromatic heterocycles. The number of amides is 2. The van der Waals surface area contributed by atoms with E-state index in [0.29, 0.717) is 18.9 Å². The van der Waals surface area contributed by atoms with Gasteiger partial charge in [0.25, 0.3) is 5.95 Å². The van der Waals surface area contributed by atoms with Crippen molar-refractivity contribution < 1.29 is 17.6 Å². The summed E-state index contributed by atoms with van der Waals surface area (Å²) in [7, 11) is -3.91. The van der Waals surface area contributed by atoms with Gasteiger partial charge in [-0.2, -0.15) is 14.1 Å². The summed E-state index contributed by atoms with van der Waals surface area (Å²) in [6.07, 6.45) is 5.84. The molecule has 11 nitrogen and oxygen atoms in total. The number of nitrogens with one attached hydrogen (secondary N) is 2. The highest BCUT2D eigenvalue weighted by Crippen LogP contribution is 2.31. The van der Waals surface area contributed by atoms with Gasteiger partial charge in [0.1, 0.15) is 17.0 Å². The van der Waals surface area contributed by atoms with E-state index in [2.05, 4.69) is 30.7 Å². The van der Waals surface area contributed by atoms with Crippen LogP contribution in [0.2, 0.25) is 5.02 Å². The number of nitrogens with zero attached hydrogens (tertiary/aromatic N) is 6. The minimum absolute atomic E-state index is 0.255. The largest absolute Gasteiger partial charge is 0.328 e. The minimum Gasteiger partial charge on any atom is -0.328 e. The second kappa shape index (κ2) is 9.37. The van der Waals surface area contributed by atoms with Crippen molar-refractivity contribution in [2.45, 2.75) is 30.7 Å². The van der Waals surface area contributed by atoms with E-state index in [1.54, 1.807) is 13.0 Å². The molecule has 14 heteroatoms. The van der Waals surface area contributed by atoms with Gasteiger partial charge in [-0.05, 0) is 38.0 Å². The lowest BCUT2D eigenvalue weighted by molar-refractivity contribution is 0.248. The normalized spacial score (nSPS) is 15.4. The van der Waals surface area contributed by atoms with Crippen LogP contribution in [0.15, 0.2) is 41.8 Å². The molecular formula is C19H20ClFN8O3S. The predicted molar refractivity (Wildman–Crippen MR) is 117 cm³/mol. The maximum absolute atomic E-state index is 14.5. The quantitative estimate of drug-likeness (QED) is 0.537. The molecule has 3 heterocycles. The predicted octanol–water partition coefficient (Wildman–Crippen LogP) is 2.52. The molecule has 0 radical (unpaired) electrons. The fourth-order valence-corrected chi connectivity index (χ4v) is 5.44. The van der Waals surface area contributed by atoms with Crippen LogP contribution in [-0.2, 0) is 10.0 Å². The van der Waals surface area contributed by atoms with E-state index in [4.69, 9.17) is 11.6 Å². The SMILES string of the molecule is C[C@H](NC(=O)Nc1cc(S(=O)(=O)N2CCCC2)c(Cl)cc1F)c1ncnn1-c1ncccn1. The first-order valence-electron chi connectivity index (χ1n) is 10.0. The van der Waals surface area contributed by atoms with Gasteiger partial charge in [-0.1, -0.05) is 11.6 Å². The number of hydrogen-bond donors (Lipinski definition) is 2. The maximum atomic E-state index is 14.5. The molecule has 1 aliphatic heterocycles. The molecule has 1 fully saturated rings. The molecule has 0 spiro atoms. The average Bonchev–Trinajstić information content (AvgIpc) is 3.49. The summed E-state index contributed by atoms with van der Waals surface area (Å²) in [5.41, 5.74) is -0.324. The van der Waals surface area contributed by atoms with Crippen LogP contribution in [0.3, 0.4) is 0 Å². The van der Waals surface area contributed by atoms with Crippen LogP contribution in [0.4, 0.5) is 14.9 Å². The number of hydrogen-bond acceptors (Lipinski definition) is 7.